The zero-order valence-corrected chi connectivity index (χ0v) is 24.9. The number of nitrogens with zero attached hydrogens (tertiary/aromatic N) is 1. The first-order valence-electron chi connectivity index (χ1n) is 14.5. The molecule has 2 aliphatic rings. The Kier molecular flexibility index (Phi) is 8.93. The molecule has 0 amide bonds. The van der Waals surface area contributed by atoms with Crippen molar-refractivity contribution in [2.24, 2.45) is 17.3 Å². The van der Waals surface area contributed by atoms with Gasteiger partial charge in [0.25, 0.3) is 0 Å². The number of aromatic nitrogens is 1. The summed E-state index contributed by atoms with van der Waals surface area (Å²) < 4.78 is 17.7. The molecule has 2 fully saturated rings. The lowest BCUT2D eigenvalue weighted by Crippen LogP contribution is -2.46. The van der Waals surface area contributed by atoms with Crippen LogP contribution in [0.25, 0.3) is 11.1 Å². The quantitative estimate of drug-likeness (QED) is 0.278. The molecule has 2 saturated heterocycles. The molecule has 1 aromatic heterocycles. The third kappa shape index (κ3) is 6.67. The van der Waals surface area contributed by atoms with E-state index in [0.717, 1.165) is 30.4 Å². The number of cyclic esters (lactones) is 1. The predicted octanol–water partition coefficient (Wildman–Crippen LogP) is 5.77. The molecule has 7 atom stereocenters. The lowest BCUT2D eigenvalue weighted by Gasteiger charge is -2.36. The number of hydrogen-bond acceptors (Lipinski definition) is 8. The number of Topliss-reactive ketones (excluding diaryl/α,β-unsaturated/α-hetero) is 1. The first kappa shape index (κ1) is 30.4. The summed E-state index contributed by atoms with van der Waals surface area (Å²) in [4.78, 5) is 31.5. The Bertz CT molecular complexity index is 1260. The highest BCUT2D eigenvalue weighted by Gasteiger charge is 2.53. The summed E-state index contributed by atoms with van der Waals surface area (Å²) in [7, 11) is 0. The van der Waals surface area contributed by atoms with Crippen LogP contribution in [0.2, 0.25) is 0 Å². The highest BCUT2D eigenvalue weighted by atomic mass is 16.6. The predicted molar refractivity (Wildman–Crippen MR) is 151 cm³/mol. The van der Waals surface area contributed by atoms with Gasteiger partial charge in [0.2, 0.25) is 0 Å². The van der Waals surface area contributed by atoms with E-state index >= 15 is 0 Å². The van der Waals surface area contributed by atoms with E-state index in [1.165, 1.54) is 0 Å². The molecule has 2 unspecified atom stereocenters. The van der Waals surface area contributed by atoms with E-state index in [4.69, 9.17) is 13.9 Å². The molecule has 4 rings (SSSR count). The van der Waals surface area contributed by atoms with Gasteiger partial charge in [-0.15, -0.1) is 0 Å². The van der Waals surface area contributed by atoms with Crippen LogP contribution in [-0.2, 0) is 19.1 Å². The molecule has 2 aliphatic heterocycles. The number of aliphatic hydroxyl groups excluding tert-OH is 2. The van der Waals surface area contributed by atoms with Gasteiger partial charge in [0.1, 0.15) is 17.4 Å². The minimum absolute atomic E-state index is 0.0958. The lowest BCUT2D eigenvalue weighted by molar-refractivity contribution is -0.156. The van der Waals surface area contributed by atoms with Crippen LogP contribution in [0.5, 0.6) is 0 Å². The van der Waals surface area contributed by atoms with Crippen LogP contribution in [0.3, 0.4) is 0 Å². The number of oxazole rings is 1. The Labute approximate surface area is 237 Å². The van der Waals surface area contributed by atoms with Crippen molar-refractivity contribution >= 4 is 22.9 Å². The molecule has 1 aromatic carbocycles. The summed E-state index contributed by atoms with van der Waals surface area (Å²) in [6.07, 6.45) is 1.98. The van der Waals surface area contributed by atoms with Crippen molar-refractivity contribution in [2.45, 2.75) is 117 Å². The van der Waals surface area contributed by atoms with E-state index in [-0.39, 0.29) is 29.8 Å². The van der Waals surface area contributed by atoms with Gasteiger partial charge in [0.05, 0.1) is 35.7 Å². The van der Waals surface area contributed by atoms with Crippen LogP contribution in [0, 0.1) is 24.2 Å². The molecule has 8 nitrogen and oxygen atoms in total. The first-order valence-corrected chi connectivity index (χ1v) is 14.5. The molecule has 40 heavy (non-hydrogen) atoms. The lowest BCUT2D eigenvalue weighted by atomic mass is 9.71. The van der Waals surface area contributed by atoms with Crippen LogP contribution in [0.4, 0.5) is 0 Å². The fraction of sp³-hybridized carbons (Fsp3) is 0.656. The molecule has 0 spiro atoms. The van der Waals surface area contributed by atoms with Crippen molar-refractivity contribution in [3.8, 4) is 0 Å². The number of allylic oxidation sites excluding steroid dienone is 2. The highest BCUT2D eigenvalue weighted by Crippen LogP contribution is 2.47. The SMILES string of the molecule is CC(C)=CC[C@H]1C(=O)C(C)(C)[C@@H](O)CC(=O)O[C@H](c2ccc3oc(C)nc3c2)CC2OC2(C)CCC[C@H](C)[C@H]1O. The van der Waals surface area contributed by atoms with Crippen molar-refractivity contribution in [3.63, 3.8) is 0 Å². The molecular formula is C32H45NO7. The minimum Gasteiger partial charge on any atom is -0.457 e. The molecule has 0 bridgehead atoms. The molecular weight excluding hydrogens is 510 g/mol. The van der Waals surface area contributed by atoms with E-state index < -0.39 is 35.6 Å². The van der Waals surface area contributed by atoms with Gasteiger partial charge in [-0.1, -0.05) is 44.9 Å². The zero-order valence-electron chi connectivity index (χ0n) is 24.9. The average molecular weight is 556 g/mol. The summed E-state index contributed by atoms with van der Waals surface area (Å²) in [5.41, 5.74) is 1.55. The van der Waals surface area contributed by atoms with Gasteiger partial charge in [-0.05, 0) is 63.6 Å². The zero-order chi connectivity index (χ0) is 29.4. The third-order valence-electron chi connectivity index (χ3n) is 8.90. The van der Waals surface area contributed by atoms with E-state index in [1.54, 1.807) is 20.8 Å². The standard InChI is InChI=1S/C32H45NO7/c1-18(2)10-12-22-29(36)19(3)9-8-14-32(7)27(40-32)16-25(21-11-13-24-23(15-21)33-20(4)38-24)39-28(35)17-26(34)31(5,6)30(22)37/h10-11,13,15,19,22,25-27,29,34,36H,8-9,12,14,16-17H2,1-7H3/t19-,22+,25-,26-,27?,29+,32?/m0/s1. The molecule has 0 aliphatic carbocycles. The van der Waals surface area contributed by atoms with Crippen LogP contribution < -0.4 is 0 Å². The molecule has 2 N–H and O–H groups in total. The van der Waals surface area contributed by atoms with E-state index in [1.807, 2.05) is 45.0 Å². The van der Waals surface area contributed by atoms with Gasteiger partial charge < -0.3 is 24.1 Å². The second-order valence-corrected chi connectivity index (χ2v) is 12.9. The third-order valence-corrected chi connectivity index (χ3v) is 8.90. The second kappa shape index (κ2) is 11.7. The number of hydrogen-bond donors (Lipinski definition) is 2. The van der Waals surface area contributed by atoms with Crippen molar-refractivity contribution in [2.75, 3.05) is 0 Å². The summed E-state index contributed by atoms with van der Waals surface area (Å²) in [5.74, 6) is -1.10. The molecule has 8 heteroatoms. The van der Waals surface area contributed by atoms with Crippen LogP contribution in [-0.4, -0.2) is 50.9 Å². The second-order valence-electron chi connectivity index (χ2n) is 12.9. The van der Waals surface area contributed by atoms with Crippen molar-refractivity contribution in [3.05, 3.63) is 41.3 Å². The van der Waals surface area contributed by atoms with E-state index in [2.05, 4.69) is 11.9 Å². The first-order chi connectivity index (χ1) is 18.7. The summed E-state index contributed by atoms with van der Waals surface area (Å²) in [6, 6.07) is 5.55. The topological polar surface area (TPSA) is 122 Å². The van der Waals surface area contributed by atoms with Crippen LogP contribution >= 0.6 is 0 Å². The van der Waals surface area contributed by atoms with Crippen molar-refractivity contribution < 1.29 is 33.7 Å². The van der Waals surface area contributed by atoms with Gasteiger partial charge in [-0.3, -0.25) is 9.59 Å². The molecule has 3 heterocycles. The minimum atomic E-state index is -1.28. The monoisotopic (exact) mass is 555 g/mol. The number of esters is 1. The Morgan fingerprint density at radius 1 is 1.18 bits per heavy atom. The summed E-state index contributed by atoms with van der Waals surface area (Å²) >= 11 is 0. The smallest absolute Gasteiger partial charge is 0.309 e. The molecule has 0 radical (unpaired) electrons. The van der Waals surface area contributed by atoms with Gasteiger partial charge in [0.15, 0.2) is 11.5 Å². The van der Waals surface area contributed by atoms with Crippen molar-refractivity contribution in [1.82, 2.24) is 4.98 Å². The maximum Gasteiger partial charge on any atom is 0.309 e. The Balaban J connectivity index is 1.63. The number of carbonyl (C=O) groups excluding carboxylic acids is 2. The number of carbonyl (C=O) groups is 2. The maximum absolute atomic E-state index is 13.8. The fourth-order valence-electron chi connectivity index (χ4n) is 5.88. The number of benzene rings is 1. The fourth-order valence-corrected chi connectivity index (χ4v) is 5.88. The van der Waals surface area contributed by atoms with Gasteiger partial charge in [0, 0.05) is 19.3 Å². The maximum atomic E-state index is 13.8. The normalized spacial score (nSPS) is 33.7. The van der Waals surface area contributed by atoms with Crippen LogP contribution in [0.15, 0.2) is 34.3 Å². The van der Waals surface area contributed by atoms with Gasteiger partial charge >= 0.3 is 5.97 Å². The molecule has 0 saturated carbocycles. The number of aryl methyl sites for hydroxylation is 1. The number of ether oxygens (including phenoxy) is 2. The average Bonchev–Trinajstić information content (AvgIpc) is 3.34. The van der Waals surface area contributed by atoms with Gasteiger partial charge in [-0.2, -0.15) is 0 Å². The molecule has 220 valence electrons. The number of fused-ring (bicyclic) bond motifs is 2. The summed E-state index contributed by atoms with van der Waals surface area (Å²) in [6.45, 7) is 13.0. The largest absolute Gasteiger partial charge is 0.457 e. The Hall–Kier alpha value is -2.55. The molecule has 2 aromatic rings. The number of aliphatic hydroxyl groups is 2. The van der Waals surface area contributed by atoms with Crippen LogP contribution in [0.1, 0.15) is 97.6 Å². The van der Waals surface area contributed by atoms with E-state index in [0.29, 0.717) is 29.8 Å². The highest BCUT2D eigenvalue weighted by molar-refractivity contribution is 5.88. The summed E-state index contributed by atoms with van der Waals surface area (Å²) in [5, 5.41) is 22.5. The van der Waals surface area contributed by atoms with Crippen molar-refractivity contribution in [1.29, 1.82) is 0 Å². The number of epoxide rings is 1. The Morgan fingerprint density at radius 3 is 2.60 bits per heavy atom. The van der Waals surface area contributed by atoms with Gasteiger partial charge in [-0.25, -0.2) is 4.98 Å². The van der Waals surface area contributed by atoms with E-state index in [9.17, 15) is 19.8 Å². The Morgan fingerprint density at radius 2 is 1.90 bits per heavy atom. The number of rotatable bonds is 3. The number of ketones is 1.